The van der Waals surface area contributed by atoms with Gasteiger partial charge in [-0.3, -0.25) is 4.79 Å². The molecule has 2 N–H and O–H groups in total. The Morgan fingerprint density at radius 3 is 2.84 bits per heavy atom. The SMILES string of the molecule is CC1(C)C(O)CC1NC(=O)/C=C/c1cccc(Br)c1. The molecule has 19 heavy (non-hydrogen) atoms. The van der Waals surface area contributed by atoms with Crippen LogP contribution < -0.4 is 5.32 Å². The average molecular weight is 324 g/mol. The molecule has 1 amide bonds. The monoisotopic (exact) mass is 323 g/mol. The van der Waals surface area contributed by atoms with E-state index in [9.17, 15) is 9.90 Å². The Labute approximate surface area is 121 Å². The van der Waals surface area contributed by atoms with Crippen LogP contribution in [0.25, 0.3) is 6.08 Å². The molecule has 1 aromatic carbocycles. The van der Waals surface area contributed by atoms with E-state index < -0.39 is 0 Å². The van der Waals surface area contributed by atoms with Crippen molar-refractivity contribution in [1.82, 2.24) is 5.32 Å². The average Bonchev–Trinajstić information content (AvgIpc) is 2.36. The number of benzene rings is 1. The minimum Gasteiger partial charge on any atom is -0.392 e. The van der Waals surface area contributed by atoms with Crippen molar-refractivity contribution in [2.45, 2.75) is 32.4 Å². The van der Waals surface area contributed by atoms with E-state index in [1.54, 1.807) is 6.08 Å². The molecule has 3 nitrogen and oxygen atoms in total. The Bertz CT molecular complexity index is 511. The Morgan fingerprint density at radius 2 is 2.26 bits per heavy atom. The van der Waals surface area contributed by atoms with Crippen molar-refractivity contribution >= 4 is 27.9 Å². The van der Waals surface area contributed by atoms with Crippen LogP contribution in [0.2, 0.25) is 0 Å². The number of carbonyl (C=O) groups is 1. The summed E-state index contributed by atoms with van der Waals surface area (Å²) in [7, 11) is 0. The third-order valence-electron chi connectivity index (χ3n) is 3.81. The number of rotatable bonds is 3. The second kappa shape index (κ2) is 5.47. The molecular weight excluding hydrogens is 306 g/mol. The molecule has 0 saturated heterocycles. The minimum absolute atomic E-state index is 0.0437. The van der Waals surface area contributed by atoms with E-state index in [4.69, 9.17) is 0 Å². The van der Waals surface area contributed by atoms with Crippen molar-refractivity contribution in [3.05, 3.63) is 40.4 Å². The molecular formula is C15H18BrNO2. The summed E-state index contributed by atoms with van der Waals surface area (Å²) in [6, 6.07) is 7.79. The molecule has 0 aliphatic heterocycles. The van der Waals surface area contributed by atoms with E-state index in [0.29, 0.717) is 6.42 Å². The summed E-state index contributed by atoms with van der Waals surface area (Å²) in [6.07, 6.45) is 3.61. The van der Waals surface area contributed by atoms with Crippen molar-refractivity contribution in [3.8, 4) is 0 Å². The molecule has 0 spiro atoms. The lowest BCUT2D eigenvalue weighted by Crippen LogP contribution is -2.60. The summed E-state index contributed by atoms with van der Waals surface area (Å²) >= 11 is 3.39. The maximum absolute atomic E-state index is 11.8. The predicted octanol–water partition coefficient (Wildman–Crippen LogP) is 2.74. The largest absolute Gasteiger partial charge is 0.392 e. The molecule has 0 bridgehead atoms. The Hall–Kier alpha value is -1.13. The molecule has 0 radical (unpaired) electrons. The van der Waals surface area contributed by atoms with Gasteiger partial charge in [0.25, 0.3) is 0 Å². The van der Waals surface area contributed by atoms with Gasteiger partial charge in [-0.15, -0.1) is 0 Å². The smallest absolute Gasteiger partial charge is 0.244 e. The lowest BCUT2D eigenvalue weighted by atomic mass is 9.64. The first-order valence-electron chi connectivity index (χ1n) is 6.32. The number of carbonyl (C=O) groups excluding carboxylic acids is 1. The summed E-state index contributed by atoms with van der Waals surface area (Å²) in [5.74, 6) is -0.120. The van der Waals surface area contributed by atoms with Gasteiger partial charge in [0.2, 0.25) is 5.91 Å². The number of hydrogen-bond acceptors (Lipinski definition) is 2. The van der Waals surface area contributed by atoms with Crippen molar-refractivity contribution in [2.24, 2.45) is 5.41 Å². The molecule has 1 aliphatic rings. The van der Waals surface area contributed by atoms with Crippen LogP contribution in [-0.2, 0) is 4.79 Å². The van der Waals surface area contributed by atoms with Gasteiger partial charge in [0.05, 0.1) is 6.10 Å². The highest BCUT2D eigenvalue weighted by Gasteiger charge is 2.47. The zero-order chi connectivity index (χ0) is 14.0. The lowest BCUT2D eigenvalue weighted by Gasteiger charge is -2.49. The fourth-order valence-corrected chi connectivity index (χ4v) is 2.57. The van der Waals surface area contributed by atoms with E-state index in [-0.39, 0.29) is 23.5 Å². The molecule has 2 unspecified atom stereocenters. The Kier molecular flexibility index (Phi) is 4.11. The van der Waals surface area contributed by atoms with Gasteiger partial charge in [0.15, 0.2) is 0 Å². The van der Waals surface area contributed by atoms with Gasteiger partial charge >= 0.3 is 0 Å². The first-order valence-corrected chi connectivity index (χ1v) is 7.11. The summed E-state index contributed by atoms with van der Waals surface area (Å²) in [6.45, 7) is 3.92. The molecule has 1 fully saturated rings. The van der Waals surface area contributed by atoms with Crippen LogP contribution in [0.5, 0.6) is 0 Å². The van der Waals surface area contributed by atoms with Gasteiger partial charge in [0, 0.05) is 22.0 Å². The van der Waals surface area contributed by atoms with Crippen LogP contribution in [-0.4, -0.2) is 23.2 Å². The van der Waals surface area contributed by atoms with Crippen LogP contribution in [0.3, 0.4) is 0 Å². The minimum atomic E-state index is -0.327. The van der Waals surface area contributed by atoms with E-state index in [1.807, 2.05) is 38.1 Å². The van der Waals surface area contributed by atoms with Crippen molar-refractivity contribution in [2.75, 3.05) is 0 Å². The van der Waals surface area contributed by atoms with Crippen LogP contribution in [0, 0.1) is 5.41 Å². The second-order valence-electron chi connectivity index (χ2n) is 5.52. The number of halogens is 1. The third-order valence-corrected chi connectivity index (χ3v) is 4.30. The standard InChI is InChI=1S/C15H18BrNO2/c1-15(2)12(9-13(15)18)17-14(19)7-6-10-4-3-5-11(16)8-10/h3-8,12-13,18H,9H2,1-2H3,(H,17,19)/b7-6+. The number of nitrogens with one attached hydrogen (secondary N) is 1. The topological polar surface area (TPSA) is 49.3 Å². The Balaban J connectivity index is 1.92. The zero-order valence-corrected chi connectivity index (χ0v) is 12.6. The van der Waals surface area contributed by atoms with Crippen LogP contribution in [0.4, 0.5) is 0 Å². The van der Waals surface area contributed by atoms with Crippen molar-refractivity contribution in [1.29, 1.82) is 0 Å². The number of aliphatic hydroxyl groups is 1. The highest BCUT2D eigenvalue weighted by Crippen LogP contribution is 2.40. The summed E-state index contributed by atoms with van der Waals surface area (Å²) in [5, 5.41) is 12.5. The van der Waals surface area contributed by atoms with E-state index in [2.05, 4.69) is 21.2 Å². The maximum Gasteiger partial charge on any atom is 0.244 e. The van der Waals surface area contributed by atoms with Gasteiger partial charge in [0.1, 0.15) is 0 Å². The third kappa shape index (κ3) is 3.25. The van der Waals surface area contributed by atoms with Crippen LogP contribution in [0.1, 0.15) is 25.8 Å². The highest BCUT2D eigenvalue weighted by molar-refractivity contribution is 9.10. The molecule has 4 heteroatoms. The number of aliphatic hydroxyl groups excluding tert-OH is 1. The van der Waals surface area contributed by atoms with Gasteiger partial charge in [-0.2, -0.15) is 0 Å². The maximum atomic E-state index is 11.8. The molecule has 1 saturated carbocycles. The first-order chi connectivity index (χ1) is 8.89. The molecule has 1 aromatic rings. The fraction of sp³-hybridized carbons (Fsp3) is 0.400. The fourth-order valence-electron chi connectivity index (χ4n) is 2.15. The Morgan fingerprint density at radius 1 is 1.53 bits per heavy atom. The summed E-state index contributed by atoms with van der Waals surface area (Å²) < 4.78 is 0.985. The molecule has 0 aromatic heterocycles. The highest BCUT2D eigenvalue weighted by atomic mass is 79.9. The van der Waals surface area contributed by atoms with E-state index in [1.165, 1.54) is 6.08 Å². The van der Waals surface area contributed by atoms with E-state index in [0.717, 1.165) is 10.0 Å². The molecule has 2 rings (SSSR count). The van der Waals surface area contributed by atoms with Crippen LogP contribution >= 0.6 is 15.9 Å². The van der Waals surface area contributed by atoms with Crippen molar-refractivity contribution in [3.63, 3.8) is 0 Å². The quantitative estimate of drug-likeness (QED) is 0.840. The predicted molar refractivity (Wildman–Crippen MR) is 79.5 cm³/mol. The molecule has 1 aliphatic carbocycles. The van der Waals surface area contributed by atoms with Crippen LogP contribution in [0.15, 0.2) is 34.8 Å². The number of hydrogen-bond donors (Lipinski definition) is 2. The molecule has 2 atom stereocenters. The number of amides is 1. The first kappa shape index (κ1) is 14.3. The molecule has 102 valence electrons. The zero-order valence-electron chi connectivity index (χ0n) is 11.1. The lowest BCUT2D eigenvalue weighted by molar-refractivity contribution is -0.124. The summed E-state index contributed by atoms with van der Waals surface area (Å²) in [5.41, 5.74) is 0.733. The second-order valence-corrected chi connectivity index (χ2v) is 6.44. The van der Waals surface area contributed by atoms with Crippen molar-refractivity contribution < 1.29 is 9.90 Å². The molecule has 0 heterocycles. The normalized spacial score (nSPS) is 25.1. The summed E-state index contributed by atoms with van der Waals surface area (Å²) in [4.78, 5) is 11.8. The van der Waals surface area contributed by atoms with Gasteiger partial charge in [-0.25, -0.2) is 0 Å². The van der Waals surface area contributed by atoms with Gasteiger partial charge in [-0.1, -0.05) is 41.9 Å². The van der Waals surface area contributed by atoms with E-state index >= 15 is 0 Å². The van der Waals surface area contributed by atoms with Gasteiger partial charge in [-0.05, 0) is 30.2 Å². The van der Waals surface area contributed by atoms with Gasteiger partial charge < -0.3 is 10.4 Å².